The zero-order valence-corrected chi connectivity index (χ0v) is 12.0. The number of ether oxygens (including phenoxy) is 2. The Morgan fingerprint density at radius 3 is 2.65 bits per heavy atom. The van der Waals surface area contributed by atoms with E-state index in [0.29, 0.717) is 0 Å². The third kappa shape index (κ3) is 2.89. The molecule has 0 saturated heterocycles. The van der Waals surface area contributed by atoms with E-state index in [9.17, 15) is 0 Å². The molecule has 1 aromatic heterocycles. The minimum absolute atomic E-state index is 0.151. The van der Waals surface area contributed by atoms with Gasteiger partial charge in [0.05, 0.1) is 6.04 Å². The molecule has 2 atom stereocenters. The molecule has 4 nitrogen and oxygen atoms in total. The quantitative estimate of drug-likeness (QED) is 0.767. The fourth-order valence-electron chi connectivity index (χ4n) is 2.24. The first-order valence-electron chi connectivity index (χ1n) is 6.52. The highest BCUT2D eigenvalue weighted by Gasteiger charge is 2.25. The molecule has 3 rings (SSSR count). The molecule has 20 heavy (non-hydrogen) atoms. The van der Waals surface area contributed by atoms with Crippen molar-refractivity contribution in [3.63, 3.8) is 0 Å². The van der Waals surface area contributed by atoms with Gasteiger partial charge in [0.15, 0.2) is 6.79 Å². The average Bonchev–Trinajstić information content (AvgIpc) is 3.16. The molecule has 0 spiro atoms. The van der Waals surface area contributed by atoms with Gasteiger partial charge in [0.2, 0.25) is 0 Å². The number of hydrogen-bond donors (Lipinski definition) is 0. The van der Waals surface area contributed by atoms with Crippen LogP contribution in [0.5, 0.6) is 5.75 Å². The van der Waals surface area contributed by atoms with Crippen molar-refractivity contribution >= 4 is 11.3 Å². The van der Waals surface area contributed by atoms with E-state index in [-0.39, 0.29) is 18.9 Å². The standard InChI is InChI=1S/C15H16N2O2S/c1-18-10-19-12-6-4-11(5-7-12)13-9-14(17-16-13)15-3-2-8-20-15/h2-8,13-14H,9-10H2,1H3. The minimum atomic E-state index is 0.151. The van der Waals surface area contributed by atoms with Crippen molar-refractivity contribution in [1.29, 1.82) is 0 Å². The van der Waals surface area contributed by atoms with Gasteiger partial charge in [0.1, 0.15) is 11.8 Å². The maximum absolute atomic E-state index is 5.38. The van der Waals surface area contributed by atoms with Gasteiger partial charge in [0, 0.05) is 18.4 Å². The highest BCUT2D eigenvalue weighted by Crippen LogP contribution is 2.40. The largest absolute Gasteiger partial charge is 0.468 e. The summed E-state index contributed by atoms with van der Waals surface area (Å²) in [6.45, 7) is 0.267. The van der Waals surface area contributed by atoms with E-state index in [0.717, 1.165) is 12.2 Å². The molecule has 2 unspecified atom stereocenters. The summed E-state index contributed by atoms with van der Waals surface area (Å²) in [5, 5.41) is 10.9. The summed E-state index contributed by atoms with van der Waals surface area (Å²) < 4.78 is 10.3. The maximum Gasteiger partial charge on any atom is 0.188 e. The van der Waals surface area contributed by atoms with E-state index in [4.69, 9.17) is 9.47 Å². The number of rotatable bonds is 5. The second kappa shape index (κ2) is 6.15. The van der Waals surface area contributed by atoms with Gasteiger partial charge in [-0.25, -0.2) is 0 Å². The molecule has 2 heterocycles. The molecule has 5 heteroatoms. The summed E-state index contributed by atoms with van der Waals surface area (Å²) in [6, 6.07) is 12.5. The third-order valence-corrected chi connectivity index (χ3v) is 4.25. The van der Waals surface area contributed by atoms with Crippen molar-refractivity contribution in [3.8, 4) is 5.75 Å². The van der Waals surface area contributed by atoms with Crippen LogP contribution in [-0.4, -0.2) is 13.9 Å². The first kappa shape index (κ1) is 13.3. The molecular formula is C15H16N2O2S. The summed E-state index contributed by atoms with van der Waals surface area (Å²) >= 11 is 1.74. The monoisotopic (exact) mass is 288 g/mol. The van der Waals surface area contributed by atoms with Crippen molar-refractivity contribution in [1.82, 2.24) is 0 Å². The zero-order chi connectivity index (χ0) is 13.8. The van der Waals surface area contributed by atoms with Crippen LogP contribution in [0.25, 0.3) is 0 Å². The molecule has 1 aliphatic heterocycles. The normalized spacial score (nSPS) is 21.2. The Labute approximate surface area is 122 Å². The lowest BCUT2D eigenvalue weighted by Crippen LogP contribution is -1.99. The van der Waals surface area contributed by atoms with Crippen LogP contribution in [0.15, 0.2) is 52.0 Å². The molecule has 0 fully saturated rings. The van der Waals surface area contributed by atoms with Gasteiger partial charge in [-0.1, -0.05) is 18.2 Å². The summed E-state index contributed by atoms with van der Waals surface area (Å²) in [6.07, 6.45) is 0.943. The second-order valence-corrected chi connectivity index (χ2v) is 5.61. The highest BCUT2D eigenvalue weighted by molar-refractivity contribution is 7.10. The Balaban J connectivity index is 1.64. The molecule has 0 radical (unpaired) electrons. The second-order valence-electron chi connectivity index (χ2n) is 4.63. The molecule has 0 N–H and O–H groups in total. The van der Waals surface area contributed by atoms with E-state index in [2.05, 4.69) is 27.7 Å². The lowest BCUT2D eigenvalue weighted by atomic mass is 10.0. The van der Waals surface area contributed by atoms with Gasteiger partial charge in [-0.05, 0) is 29.1 Å². The third-order valence-electron chi connectivity index (χ3n) is 3.27. The first-order chi connectivity index (χ1) is 9.86. The van der Waals surface area contributed by atoms with Crippen LogP contribution in [-0.2, 0) is 4.74 Å². The Morgan fingerprint density at radius 1 is 1.15 bits per heavy atom. The summed E-state index contributed by atoms with van der Waals surface area (Å²) in [4.78, 5) is 1.29. The Kier molecular flexibility index (Phi) is 4.08. The molecule has 1 aliphatic rings. The topological polar surface area (TPSA) is 43.2 Å². The van der Waals surface area contributed by atoms with E-state index in [1.54, 1.807) is 18.4 Å². The van der Waals surface area contributed by atoms with Crippen molar-refractivity contribution in [2.24, 2.45) is 10.2 Å². The van der Waals surface area contributed by atoms with Crippen molar-refractivity contribution in [2.75, 3.05) is 13.9 Å². The fraction of sp³-hybridized carbons (Fsp3) is 0.333. The molecule has 2 aromatic rings. The van der Waals surface area contributed by atoms with Crippen LogP contribution in [0.1, 0.15) is 28.9 Å². The molecule has 1 aromatic carbocycles. The van der Waals surface area contributed by atoms with Crippen molar-refractivity contribution in [3.05, 3.63) is 52.2 Å². The lowest BCUT2D eigenvalue weighted by Gasteiger charge is -2.09. The number of methoxy groups -OCH3 is 1. The van der Waals surface area contributed by atoms with Gasteiger partial charge < -0.3 is 9.47 Å². The zero-order valence-electron chi connectivity index (χ0n) is 11.2. The van der Waals surface area contributed by atoms with Crippen LogP contribution in [0.3, 0.4) is 0 Å². The predicted octanol–water partition coefficient (Wildman–Crippen LogP) is 4.37. The van der Waals surface area contributed by atoms with Crippen molar-refractivity contribution in [2.45, 2.75) is 18.5 Å². The van der Waals surface area contributed by atoms with E-state index < -0.39 is 0 Å². The Hall–Kier alpha value is -1.72. The van der Waals surface area contributed by atoms with Gasteiger partial charge >= 0.3 is 0 Å². The van der Waals surface area contributed by atoms with Crippen LogP contribution in [0.4, 0.5) is 0 Å². The summed E-state index contributed by atoms with van der Waals surface area (Å²) in [7, 11) is 1.61. The molecular weight excluding hydrogens is 272 g/mol. The minimum Gasteiger partial charge on any atom is -0.468 e. The average molecular weight is 288 g/mol. The molecule has 0 bridgehead atoms. The smallest absolute Gasteiger partial charge is 0.188 e. The van der Waals surface area contributed by atoms with E-state index >= 15 is 0 Å². The van der Waals surface area contributed by atoms with Crippen LogP contribution in [0.2, 0.25) is 0 Å². The number of thiophene rings is 1. The van der Waals surface area contributed by atoms with Crippen LogP contribution in [0, 0.1) is 0 Å². The fourth-order valence-corrected chi connectivity index (χ4v) is 3.01. The summed E-state index contributed by atoms with van der Waals surface area (Å²) in [5.41, 5.74) is 1.18. The highest BCUT2D eigenvalue weighted by atomic mass is 32.1. The van der Waals surface area contributed by atoms with Crippen molar-refractivity contribution < 1.29 is 9.47 Å². The Morgan fingerprint density at radius 2 is 1.95 bits per heavy atom. The maximum atomic E-state index is 5.38. The van der Waals surface area contributed by atoms with Gasteiger partial charge in [-0.3, -0.25) is 0 Å². The van der Waals surface area contributed by atoms with Gasteiger partial charge in [-0.15, -0.1) is 11.3 Å². The SMILES string of the molecule is COCOc1ccc(C2CC(c3cccs3)N=N2)cc1. The number of benzene rings is 1. The van der Waals surface area contributed by atoms with E-state index in [1.165, 1.54) is 10.4 Å². The molecule has 0 aliphatic carbocycles. The van der Waals surface area contributed by atoms with Crippen LogP contribution >= 0.6 is 11.3 Å². The molecule has 0 saturated carbocycles. The number of azo groups is 1. The Bertz CT molecular complexity index is 566. The van der Waals surface area contributed by atoms with E-state index in [1.807, 2.05) is 24.3 Å². The number of hydrogen-bond acceptors (Lipinski definition) is 5. The van der Waals surface area contributed by atoms with Crippen LogP contribution < -0.4 is 4.74 Å². The lowest BCUT2D eigenvalue weighted by molar-refractivity contribution is 0.0511. The molecule has 104 valence electrons. The predicted molar refractivity (Wildman–Crippen MR) is 78.2 cm³/mol. The number of nitrogens with zero attached hydrogens (tertiary/aromatic N) is 2. The van der Waals surface area contributed by atoms with Gasteiger partial charge in [0.25, 0.3) is 0 Å². The first-order valence-corrected chi connectivity index (χ1v) is 7.40. The summed E-state index contributed by atoms with van der Waals surface area (Å²) in [5.74, 6) is 0.806. The van der Waals surface area contributed by atoms with Gasteiger partial charge in [-0.2, -0.15) is 10.2 Å². The molecule has 0 amide bonds.